The third-order valence-corrected chi connectivity index (χ3v) is 2.58. The molecule has 3 nitrogen and oxygen atoms in total. The Hall–Kier alpha value is -0.970. The quantitative estimate of drug-likeness (QED) is 0.817. The molecule has 0 unspecified atom stereocenters. The molecule has 0 amide bonds. The van der Waals surface area contributed by atoms with E-state index in [2.05, 4.69) is 4.98 Å². The number of carboxylic acids is 1. The van der Waals surface area contributed by atoms with Crippen LogP contribution in [-0.4, -0.2) is 16.1 Å². The summed E-state index contributed by atoms with van der Waals surface area (Å²) >= 11 is 1.15. The van der Waals surface area contributed by atoms with Gasteiger partial charge in [-0.25, -0.2) is 9.37 Å². The molecule has 72 valence electrons. The first-order valence-electron chi connectivity index (χ1n) is 3.75. The normalized spacial score (nSPS) is 11.6. The molecule has 0 atom stereocenters. The van der Waals surface area contributed by atoms with E-state index in [-0.39, 0.29) is 6.42 Å². The average Bonchev–Trinajstić information content (AvgIpc) is 2.32. The van der Waals surface area contributed by atoms with Crippen molar-refractivity contribution in [3.63, 3.8) is 0 Å². The number of thiazole rings is 1. The second kappa shape index (κ2) is 3.41. The fourth-order valence-electron chi connectivity index (χ4n) is 0.816. The summed E-state index contributed by atoms with van der Waals surface area (Å²) in [5, 5.41) is 10.3. The van der Waals surface area contributed by atoms with Gasteiger partial charge in [-0.3, -0.25) is 4.79 Å². The lowest BCUT2D eigenvalue weighted by Gasteiger charge is -2.08. The van der Waals surface area contributed by atoms with E-state index >= 15 is 0 Å². The van der Waals surface area contributed by atoms with E-state index in [0.717, 1.165) is 11.3 Å². The highest BCUT2D eigenvalue weighted by molar-refractivity contribution is 7.09. The van der Waals surface area contributed by atoms with Crippen molar-refractivity contribution in [1.82, 2.24) is 4.98 Å². The van der Waals surface area contributed by atoms with Crippen LogP contribution in [0.5, 0.6) is 0 Å². The first-order valence-corrected chi connectivity index (χ1v) is 4.63. The SMILES string of the molecule is CC(C)(F)c1nc(CC(=O)O)cs1. The summed E-state index contributed by atoms with van der Waals surface area (Å²) in [5.41, 5.74) is -1.07. The van der Waals surface area contributed by atoms with Crippen LogP contribution in [0.25, 0.3) is 0 Å². The first kappa shape index (κ1) is 10.1. The van der Waals surface area contributed by atoms with Gasteiger partial charge in [0.05, 0.1) is 12.1 Å². The molecule has 1 aromatic heterocycles. The van der Waals surface area contributed by atoms with Gasteiger partial charge in [0.1, 0.15) is 5.01 Å². The highest BCUT2D eigenvalue weighted by atomic mass is 32.1. The van der Waals surface area contributed by atoms with Crippen LogP contribution in [-0.2, 0) is 16.9 Å². The minimum absolute atomic E-state index is 0.146. The van der Waals surface area contributed by atoms with Gasteiger partial charge in [-0.1, -0.05) is 0 Å². The highest BCUT2D eigenvalue weighted by Gasteiger charge is 2.23. The fourth-order valence-corrected chi connectivity index (χ4v) is 1.65. The summed E-state index contributed by atoms with van der Waals surface area (Å²) in [5.74, 6) is -0.950. The van der Waals surface area contributed by atoms with Crippen LogP contribution in [0.4, 0.5) is 4.39 Å². The minimum atomic E-state index is -1.48. The van der Waals surface area contributed by atoms with Gasteiger partial charge in [0.25, 0.3) is 0 Å². The van der Waals surface area contributed by atoms with E-state index in [0.29, 0.717) is 10.7 Å². The van der Waals surface area contributed by atoms with Gasteiger partial charge in [0.2, 0.25) is 0 Å². The number of halogens is 1. The van der Waals surface area contributed by atoms with Gasteiger partial charge in [-0.15, -0.1) is 11.3 Å². The number of rotatable bonds is 3. The van der Waals surface area contributed by atoms with Crippen molar-refractivity contribution in [3.05, 3.63) is 16.1 Å². The summed E-state index contributed by atoms with van der Waals surface area (Å²) in [4.78, 5) is 14.2. The van der Waals surface area contributed by atoms with E-state index < -0.39 is 11.6 Å². The number of aromatic nitrogens is 1. The molecule has 0 aliphatic heterocycles. The summed E-state index contributed by atoms with van der Waals surface area (Å²) in [7, 11) is 0. The van der Waals surface area contributed by atoms with E-state index in [9.17, 15) is 9.18 Å². The van der Waals surface area contributed by atoms with Gasteiger partial charge in [-0.05, 0) is 13.8 Å². The monoisotopic (exact) mass is 203 g/mol. The summed E-state index contributed by atoms with van der Waals surface area (Å²) in [6.07, 6.45) is -0.146. The molecule has 1 rings (SSSR count). The van der Waals surface area contributed by atoms with E-state index in [4.69, 9.17) is 5.11 Å². The fraction of sp³-hybridized carbons (Fsp3) is 0.500. The third-order valence-electron chi connectivity index (χ3n) is 1.39. The van der Waals surface area contributed by atoms with Gasteiger partial charge in [0, 0.05) is 5.38 Å². The summed E-state index contributed by atoms with van der Waals surface area (Å²) in [6.45, 7) is 2.80. The Morgan fingerprint density at radius 2 is 2.38 bits per heavy atom. The van der Waals surface area contributed by atoms with Crippen molar-refractivity contribution in [2.24, 2.45) is 0 Å². The zero-order valence-electron chi connectivity index (χ0n) is 7.37. The summed E-state index contributed by atoms with van der Waals surface area (Å²) < 4.78 is 13.3. The van der Waals surface area contributed by atoms with Crippen molar-refractivity contribution in [3.8, 4) is 0 Å². The molecule has 0 spiro atoms. The van der Waals surface area contributed by atoms with Crippen molar-refractivity contribution in [2.75, 3.05) is 0 Å². The molecule has 0 aliphatic rings. The lowest BCUT2D eigenvalue weighted by atomic mass is 10.2. The Kier molecular flexibility index (Phi) is 2.66. The number of carbonyl (C=O) groups is 1. The average molecular weight is 203 g/mol. The maximum atomic E-state index is 13.3. The second-order valence-corrected chi connectivity index (χ2v) is 4.05. The molecule has 0 fully saturated rings. The number of nitrogens with zero attached hydrogens (tertiary/aromatic N) is 1. The second-order valence-electron chi connectivity index (χ2n) is 3.19. The molecule has 0 bridgehead atoms. The summed E-state index contributed by atoms with van der Waals surface area (Å²) in [6, 6.07) is 0. The van der Waals surface area contributed by atoms with E-state index in [1.807, 2.05) is 0 Å². The largest absolute Gasteiger partial charge is 0.481 e. The molecule has 0 saturated carbocycles. The third kappa shape index (κ3) is 2.77. The Balaban J connectivity index is 2.81. The van der Waals surface area contributed by atoms with E-state index in [1.54, 1.807) is 5.38 Å². The van der Waals surface area contributed by atoms with Gasteiger partial charge in [-0.2, -0.15) is 0 Å². The van der Waals surface area contributed by atoms with Crippen molar-refractivity contribution < 1.29 is 14.3 Å². The Labute approximate surface area is 79.2 Å². The molecule has 0 radical (unpaired) electrons. The molecule has 1 aromatic rings. The lowest BCUT2D eigenvalue weighted by molar-refractivity contribution is -0.136. The molecule has 0 aliphatic carbocycles. The van der Waals surface area contributed by atoms with Crippen molar-refractivity contribution >= 4 is 17.3 Å². The zero-order chi connectivity index (χ0) is 10.1. The van der Waals surface area contributed by atoms with Crippen LogP contribution in [0.2, 0.25) is 0 Å². The smallest absolute Gasteiger partial charge is 0.309 e. The zero-order valence-corrected chi connectivity index (χ0v) is 8.19. The topological polar surface area (TPSA) is 50.2 Å². The van der Waals surface area contributed by atoms with Crippen LogP contribution >= 0.6 is 11.3 Å². The number of carboxylic acid groups (broad SMARTS) is 1. The first-order chi connectivity index (χ1) is 5.89. The number of hydrogen-bond donors (Lipinski definition) is 1. The number of hydrogen-bond acceptors (Lipinski definition) is 3. The highest BCUT2D eigenvalue weighted by Crippen LogP contribution is 2.27. The Bertz CT molecular complexity index is 316. The molecule has 0 saturated heterocycles. The predicted octanol–water partition coefficient (Wildman–Crippen LogP) is 1.97. The van der Waals surface area contributed by atoms with Crippen LogP contribution in [0.1, 0.15) is 24.5 Å². The van der Waals surface area contributed by atoms with Gasteiger partial charge < -0.3 is 5.11 Å². The molecule has 13 heavy (non-hydrogen) atoms. The lowest BCUT2D eigenvalue weighted by Crippen LogP contribution is -2.09. The van der Waals surface area contributed by atoms with Crippen LogP contribution in [0.15, 0.2) is 5.38 Å². The maximum Gasteiger partial charge on any atom is 0.309 e. The van der Waals surface area contributed by atoms with Crippen molar-refractivity contribution in [1.29, 1.82) is 0 Å². The number of alkyl halides is 1. The van der Waals surface area contributed by atoms with Gasteiger partial charge in [0.15, 0.2) is 5.67 Å². The molecule has 5 heteroatoms. The molecular formula is C8H10FNO2S. The minimum Gasteiger partial charge on any atom is -0.481 e. The standard InChI is InChI=1S/C8H10FNO2S/c1-8(2,9)7-10-5(4-13-7)3-6(11)12/h4H,3H2,1-2H3,(H,11,12). The molecular weight excluding hydrogens is 193 g/mol. The van der Waals surface area contributed by atoms with Gasteiger partial charge >= 0.3 is 5.97 Å². The van der Waals surface area contributed by atoms with Crippen LogP contribution in [0, 0.1) is 0 Å². The Morgan fingerprint density at radius 3 is 2.77 bits per heavy atom. The Morgan fingerprint density at radius 1 is 1.77 bits per heavy atom. The molecule has 1 N–H and O–H groups in total. The van der Waals surface area contributed by atoms with Crippen LogP contribution < -0.4 is 0 Å². The number of aliphatic carboxylic acids is 1. The molecule has 1 heterocycles. The van der Waals surface area contributed by atoms with E-state index in [1.165, 1.54) is 13.8 Å². The van der Waals surface area contributed by atoms with Crippen molar-refractivity contribution in [2.45, 2.75) is 25.9 Å². The maximum absolute atomic E-state index is 13.3. The van der Waals surface area contributed by atoms with Crippen LogP contribution in [0.3, 0.4) is 0 Å². The predicted molar refractivity (Wildman–Crippen MR) is 47.6 cm³/mol. The molecule has 0 aromatic carbocycles.